The summed E-state index contributed by atoms with van der Waals surface area (Å²) in [6, 6.07) is 8.71. The number of para-hydroxylation sites is 1. The lowest BCUT2D eigenvalue weighted by atomic mass is 9.81. The van der Waals surface area contributed by atoms with Crippen molar-refractivity contribution in [1.29, 1.82) is 0 Å². The van der Waals surface area contributed by atoms with Crippen molar-refractivity contribution in [1.82, 2.24) is 0 Å². The molecule has 0 aliphatic carbocycles. The molecule has 0 bridgehead atoms. The van der Waals surface area contributed by atoms with Gasteiger partial charge >= 0.3 is 0 Å². The first-order valence-corrected chi connectivity index (χ1v) is 6.80. The number of hydrogen-bond acceptors (Lipinski definition) is 1. The van der Waals surface area contributed by atoms with Gasteiger partial charge in [-0.05, 0) is 35.8 Å². The Kier molecular flexibility index (Phi) is 5.04. The standard InChI is InChI=1S/C16H27N/c1-6-16(4,5)14-9-7-8-10-15(14)17-12-11-13(2)3/h7-10,13,17H,6,11-12H2,1-5H3. The molecule has 0 atom stereocenters. The van der Waals surface area contributed by atoms with Gasteiger partial charge in [-0.25, -0.2) is 0 Å². The fourth-order valence-electron chi connectivity index (χ4n) is 1.91. The van der Waals surface area contributed by atoms with Gasteiger partial charge in [0, 0.05) is 12.2 Å². The van der Waals surface area contributed by atoms with Crippen LogP contribution in [0.5, 0.6) is 0 Å². The molecule has 0 spiro atoms. The van der Waals surface area contributed by atoms with Gasteiger partial charge in [0.05, 0.1) is 0 Å². The first kappa shape index (κ1) is 14.1. The molecular formula is C16H27N. The highest BCUT2D eigenvalue weighted by Gasteiger charge is 2.20. The maximum atomic E-state index is 3.59. The molecule has 0 fully saturated rings. The maximum absolute atomic E-state index is 3.59. The fraction of sp³-hybridized carbons (Fsp3) is 0.625. The summed E-state index contributed by atoms with van der Waals surface area (Å²) in [6.07, 6.45) is 2.39. The van der Waals surface area contributed by atoms with Crippen molar-refractivity contribution < 1.29 is 0 Å². The van der Waals surface area contributed by atoms with Crippen LogP contribution in [0, 0.1) is 5.92 Å². The normalized spacial score (nSPS) is 11.9. The third-order valence-corrected chi connectivity index (χ3v) is 3.58. The Hall–Kier alpha value is -0.980. The summed E-state index contributed by atoms with van der Waals surface area (Å²) in [4.78, 5) is 0. The van der Waals surface area contributed by atoms with E-state index in [9.17, 15) is 0 Å². The van der Waals surface area contributed by atoms with E-state index in [1.165, 1.54) is 17.7 Å². The van der Waals surface area contributed by atoms with E-state index in [0.717, 1.165) is 18.9 Å². The van der Waals surface area contributed by atoms with Gasteiger partial charge in [0.1, 0.15) is 0 Å². The molecule has 0 heterocycles. The molecule has 1 aromatic rings. The van der Waals surface area contributed by atoms with Crippen LogP contribution in [0.25, 0.3) is 0 Å². The number of anilines is 1. The molecule has 1 nitrogen and oxygen atoms in total. The summed E-state index contributed by atoms with van der Waals surface area (Å²) in [5.41, 5.74) is 2.99. The maximum Gasteiger partial charge on any atom is 0.0378 e. The van der Waals surface area contributed by atoms with Crippen LogP contribution in [0.2, 0.25) is 0 Å². The molecule has 1 aromatic carbocycles. The molecule has 0 unspecified atom stereocenters. The molecule has 0 aliphatic heterocycles. The number of rotatable bonds is 6. The van der Waals surface area contributed by atoms with Gasteiger partial charge in [-0.2, -0.15) is 0 Å². The van der Waals surface area contributed by atoms with E-state index < -0.39 is 0 Å². The summed E-state index contributed by atoms with van der Waals surface area (Å²) in [7, 11) is 0. The second kappa shape index (κ2) is 6.09. The second-order valence-electron chi connectivity index (χ2n) is 5.89. The molecule has 0 amide bonds. The number of benzene rings is 1. The molecule has 96 valence electrons. The lowest BCUT2D eigenvalue weighted by Gasteiger charge is -2.26. The van der Waals surface area contributed by atoms with E-state index >= 15 is 0 Å². The lowest BCUT2D eigenvalue weighted by molar-refractivity contribution is 0.507. The first-order chi connectivity index (χ1) is 7.97. The Labute approximate surface area is 107 Å². The molecule has 17 heavy (non-hydrogen) atoms. The van der Waals surface area contributed by atoms with E-state index in [-0.39, 0.29) is 5.41 Å². The Balaban J connectivity index is 2.78. The van der Waals surface area contributed by atoms with Crippen LogP contribution in [-0.4, -0.2) is 6.54 Å². The predicted molar refractivity (Wildman–Crippen MR) is 77.7 cm³/mol. The molecule has 1 N–H and O–H groups in total. The average Bonchev–Trinajstić information content (AvgIpc) is 2.29. The van der Waals surface area contributed by atoms with Crippen LogP contribution in [0.15, 0.2) is 24.3 Å². The molecule has 0 aliphatic rings. The van der Waals surface area contributed by atoms with Crippen molar-refractivity contribution in [3.8, 4) is 0 Å². The van der Waals surface area contributed by atoms with Crippen LogP contribution in [0.4, 0.5) is 5.69 Å². The molecule has 0 saturated carbocycles. The van der Waals surface area contributed by atoms with Gasteiger partial charge in [-0.3, -0.25) is 0 Å². The van der Waals surface area contributed by atoms with E-state index in [1.54, 1.807) is 0 Å². The SMILES string of the molecule is CCC(C)(C)c1ccccc1NCCC(C)C. The largest absolute Gasteiger partial charge is 0.385 e. The van der Waals surface area contributed by atoms with Gasteiger partial charge in [0.15, 0.2) is 0 Å². The van der Waals surface area contributed by atoms with Crippen LogP contribution in [0.3, 0.4) is 0 Å². The minimum Gasteiger partial charge on any atom is -0.385 e. The van der Waals surface area contributed by atoms with E-state index in [1.807, 2.05) is 0 Å². The fourth-order valence-corrected chi connectivity index (χ4v) is 1.91. The van der Waals surface area contributed by atoms with E-state index in [2.05, 4.69) is 64.2 Å². The highest BCUT2D eigenvalue weighted by molar-refractivity contribution is 5.54. The van der Waals surface area contributed by atoms with Gasteiger partial charge in [0.2, 0.25) is 0 Å². The summed E-state index contributed by atoms with van der Waals surface area (Å²) >= 11 is 0. The smallest absolute Gasteiger partial charge is 0.0378 e. The minimum absolute atomic E-state index is 0.251. The molecular weight excluding hydrogens is 206 g/mol. The zero-order valence-corrected chi connectivity index (χ0v) is 12.0. The number of nitrogens with one attached hydrogen (secondary N) is 1. The Morgan fingerprint density at radius 3 is 2.41 bits per heavy atom. The molecule has 1 heteroatoms. The molecule has 0 aromatic heterocycles. The third-order valence-electron chi connectivity index (χ3n) is 3.58. The monoisotopic (exact) mass is 233 g/mol. The van der Waals surface area contributed by atoms with Gasteiger partial charge < -0.3 is 5.32 Å². The molecule has 1 rings (SSSR count). The first-order valence-electron chi connectivity index (χ1n) is 6.80. The minimum atomic E-state index is 0.251. The van der Waals surface area contributed by atoms with E-state index in [4.69, 9.17) is 0 Å². The van der Waals surface area contributed by atoms with Crippen LogP contribution in [0.1, 0.15) is 53.0 Å². The second-order valence-corrected chi connectivity index (χ2v) is 5.89. The Morgan fingerprint density at radius 1 is 1.18 bits per heavy atom. The predicted octanol–water partition coefficient (Wildman–Crippen LogP) is 4.83. The van der Waals surface area contributed by atoms with Gasteiger partial charge in [-0.1, -0.05) is 52.8 Å². The zero-order chi connectivity index (χ0) is 12.9. The van der Waals surface area contributed by atoms with Crippen LogP contribution in [-0.2, 0) is 5.41 Å². The lowest BCUT2D eigenvalue weighted by Crippen LogP contribution is -2.18. The average molecular weight is 233 g/mol. The van der Waals surface area contributed by atoms with Crippen molar-refractivity contribution in [3.05, 3.63) is 29.8 Å². The Morgan fingerprint density at radius 2 is 1.82 bits per heavy atom. The summed E-state index contributed by atoms with van der Waals surface area (Å²) < 4.78 is 0. The number of hydrogen-bond donors (Lipinski definition) is 1. The van der Waals surface area contributed by atoms with Crippen molar-refractivity contribution in [2.24, 2.45) is 5.92 Å². The third kappa shape index (κ3) is 4.07. The van der Waals surface area contributed by atoms with Crippen LogP contribution >= 0.6 is 0 Å². The molecule has 0 radical (unpaired) electrons. The summed E-state index contributed by atoms with van der Waals surface area (Å²) in [5, 5.41) is 3.59. The highest BCUT2D eigenvalue weighted by Crippen LogP contribution is 2.32. The summed E-state index contributed by atoms with van der Waals surface area (Å²) in [5.74, 6) is 0.758. The van der Waals surface area contributed by atoms with Gasteiger partial charge in [-0.15, -0.1) is 0 Å². The summed E-state index contributed by atoms with van der Waals surface area (Å²) in [6.45, 7) is 12.5. The quantitative estimate of drug-likeness (QED) is 0.742. The van der Waals surface area contributed by atoms with Gasteiger partial charge in [0.25, 0.3) is 0 Å². The topological polar surface area (TPSA) is 12.0 Å². The van der Waals surface area contributed by atoms with Crippen molar-refractivity contribution in [2.75, 3.05) is 11.9 Å². The zero-order valence-electron chi connectivity index (χ0n) is 12.0. The Bertz CT molecular complexity index is 339. The molecule has 0 saturated heterocycles. The van der Waals surface area contributed by atoms with Crippen molar-refractivity contribution >= 4 is 5.69 Å². The van der Waals surface area contributed by atoms with E-state index in [0.29, 0.717) is 0 Å². The van der Waals surface area contributed by atoms with Crippen molar-refractivity contribution in [2.45, 2.75) is 52.9 Å². The van der Waals surface area contributed by atoms with Crippen LogP contribution < -0.4 is 5.32 Å². The van der Waals surface area contributed by atoms with Crippen molar-refractivity contribution in [3.63, 3.8) is 0 Å². The highest BCUT2D eigenvalue weighted by atomic mass is 14.9.